The molecule has 2 amide bonds. The number of nitrogens with one attached hydrogen (secondary N) is 1. The highest BCUT2D eigenvalue weighted by Gasteiger charge is 2.49. The molecule has 0 radical (unpaired) electrons. The van der Waals surface area contributed by atoms with Crippen LogP contribution in [0.15, 0.2) is 0 Å². The van der Waals surface area contributed by atoms with E-state index < -0.39 is 20.9 Å². The molecule has 0 spiro atoms. The molecule has 1 N–H and O–H groups in total. The summed E-state index contributed by atoms with van der Waals surface area (Å²) >= 11 is 0. The standard InChI is InChI=1S/C12H20N2O4S/c1-11(2)10(16)14(6-4-9(15)13-11)12(3)5-7-19(17,18)8-12/h4-8H2,1-3H3,(H,13,15). The predicted molar refractivity (Wildman–Crippen MR) is 70.2 cm³/mol. The van der Waals surface area contributed by atoms with Crippen LogP contribution in [0.4, 0.5) is 0 Å². The van der Waals surface area contributed by atoms with Crippen molar-refractivity contribution < 1.29 is 18.0 Å². The Kier molecular flexibility index (Phi) is 3.16. The smallest absolute Gasteiger partial charge is 0.248 e. The van der Waals surface area contributed by atoms with Crippen molar-refractivity contribution in [3.8, 4) is 0 Å². The predicted octanol–water partition coefficient (Wildman–Crippen LogP) is -0.309. The Morgan fingerprint density at radius 3 is 2.37 bits per heavy atom. The molecule has 0 aromatic heterocycles. The van der Waals surface area contributed by atoms with Gasteiger partial charge in [-0.2, -0.15) is 0 Å². The third-order valence-electron chi connectivity index (χ3n) is 3.93. The minimum atomic E-state index is -3.09. The lowest BCUT2D eigenvalue weighted by Crippen LogP contribution is -2.59. The van der Waals surface area contributed by atoms with Crippen LogP contribution < -0.4 is 5.32 Å². The number of carbonyl (C=O) groups excluding carboxylic acids is 2. The van der Waals surface area contributed by atoms with Crippen LogP contribution in [0.1, 0.15) is 33.6 Å². The van der Waals surface area contributed by atoms with Gasteiger partial charge in [-0.1, -0.05) is 0 Å². The molecule has 19 heavy (non-hydrogen) atoms. The van der Waals surface area contributed by atoms with Gasteiger partial charge in [-0.05, 0) is 27.2 Å². The van der Waals surface area contributed by atoms with Gasteiger partial charge in [0.05, 0.1) is 17.0 Å². The summed E-state index contributed by atoms with van der Waals surface area (Å²) in [5, 5.41) is 2.68. The SMILES string of the molecule is CC1(C)NC(=O)CCN(C2(C)CCS(=O)(=O)C2)C1=O. The van der Waals surface area contributed by atoms with Gasteiger partial charge in [0.1, 0.15) is 5.54 Å². The van der Waals surface area contributed by atoms with Crippen molar-refractivity contribution in [2.45, 2.75) is 44.7 Å². The number of rotatable bonds is 1. The van der Waals surface area contributed by atoms with E-state index in [0.717, 1.165) is 0 Å². The number of hydrogen-bond donors (Lipinski definition) is 1. The summed E-state index contributed by atoms with van der Waals surface area (Å²) in [6.45, 7) is 5.37. The topological polar surface area (TPSA) is 83.6 Å². The van der Waals surface area contributed by atoms with Crippen LogP contribution >= 0.6 is 0 Å². The molecule has 0 saturated carbocycles. The molecule has 1 atom stereocenters. The monoisotopic (exact) mass is 288 g/mol. The number of amides is 2. The lowest BCUT2D eigenvalue weighted by atomic mass is 9.95. The largest absolute Gasteiger partial charge is 0.342 e. The van der Waals surface area contributed by atoms with Crippen molar-refractivity contribution in [1.29, 1.82) is 0 Å². The Morgan fingerprint density at radius 2 is 1.84 bits per heavy atom. The van der Waals surface area contributed by atoms with Crippen molar-refractivity contribution in [2.75, 3.05) is 18.1 Å². The molecule has 6 nitrogen and oxygen atoms in total. The lowest BCUT2D eigenvalue weighted by molar-refractivity contribution is -0.141. The fourth-order valence-corrected chi connectivity index (χ4v) is 4.98. The molecule has 0 aliphatic carbocycles. The van der Waals surface area contributed by atoms with Crippen LogP contribution in [0.5, 0.6) is 0 Å². The highest BCUT2D eigenvalue weighted by atomic mass is 32.2. The molecule has 0 aromatic carbocycles. The van der Waals surface area contributed by atoms with Crippen molar-refractivity contribution in [3.05, 3.63) is 0 Å². The highest BCUT2D eigenvalue weighted by Crippen LogP contribution is 2.32. The van der Waals surface area contributed by atoms with E-state index in [4.69, 9.17) is 0 Å². The Hall–Kier alpha value is -1.11. The molecule has 2 aliphatic heterocycles. The Balaban J connectivity index is 2.33. The van der Waals surface area contributed by atoms with E-state index in [1.165, 1.54) is 0 Å². The first-order valence-corrected chi connectivity index (χ1v) is 8.21. The van der Waals surface area contributed by atoms with Crippen LogP contribution in [0, 0.1) is 0 Å². The maximum Gasteiger partial charge on any atom is 0.248 e. The molecule has 2 heterocycles. The Labute approximate surface area is 113 Å². The molecule has 2 saturated heterocycles. The minimum absolute atomic E-state index is 0.0178. The summed E-state index contributed by atoms with van der Waals surface area (Å²) < 4.78 is 23.4. The van der Waals surface area contributed by atoms with Gasteiger partial charge in [-0.3, -0.25) is 9.59 Å². The second-order valence-corrected chi connectivity index (χ2v) is 8.40. The number of carbonyl (C=O) groups is 2. The summed E-state index contributed by atoms with van der Waals surface area (Å²) in [7, 11) is -3.09. The van der Waals surface area contributed by atoms with Gasteiger partial charge in [0.25, 0.3) is 0 Å². The van der Waals surface area contributed by atoms with Crippen LogP contribution in [0.25, 0.3) is 0 Å². The van der Waals surface area contributed by atoms with Crippen LogP contribution in [-0.4, -0.2) is 54.3 Å². The normalized spacial score (nSPS) is 33.9. The van der Waals surface area contributed by atoms with Crippen molar-refractivity contribution in [3.63, 3.8) is 0 Å². The average molecular weight is 288 g/mol. The first kappa shape index (κ1) is 14.3. The fraction of sp³-hybridized carbons (Fsp3) is 0.833. The second kappa shape index (κ2) is 4.19. The molecule has 2 fully saturated rings. The molecule has 0 aromatic rings. The number of hydrogen-bond acceptors (Lipinski definition) is 4. The molecule has 1 unspecified atom stereocenters. The van der Waals surface area contributed by atoms with Crippen LogP contribution in [-0.2, 0) is 19.4 Å². The van der Waals surface area contributed by atoms with Crippen LogP contribution in [0.3, 0.4) is 0 Å². The summed E-state index contributed by atoms with van der Waals surface area (Å²) in [5.41, 5.74) is -1.68. The van der Waals surface area contributed by atoms with Gasteiger partial charge in [0, 0.05) is 13.0 Å². The minimum Gasteiger partial charge on any atom is -0.342 e. The third-order valence-corrected chi connectivity index (χ3v) is 5.82. The summed E-state index contributed by atoms with van der Waals surface area (Å²) in [5.74, 6) is -0.297. The van der Waals surface area contributed by atoms with Gasteiger partial charge < -0.3 is 10.2 Å². The zero-order chi connectivity index (χ0) is 14.5. The zero-order valence-electron chi connectivity index (χ0n) is 11.5. The third kappa shape index (κ3) is 2.61. The van der Waals surface area contributed by atoms with Gasteiger partial charge in [-0.15, -0.1) is 0 Å². The quantitative estimate of drug-likeness (QED) is 0.717. The summed E-state index contributed by atoms with van der Waals surface area (Å²) in [6, 6.07) is 0. The van der Waals surface area contributed by atoms with E-state index in [1.54, 1.807) is 25.7 Å². The maximum atomic E-state index is 12.5. The molecule has 7 heteroatoms. The van der Waals surface area contributed by atoms with E-state index in [-0.39, 0.29) is 36.3 Å². The van der Waals surface area contributed by atoms with E-state index >= 15 is 0 Å². The molecular weight excluding hydrogens is 268 g/mol. The fourth-order valence-electron chi connectivity index (χ4n) is 2.84. The van der Waals surface area contributed by atoms with E-state index in [9.17, 15) is 18.0 Å². The highest BCUT2D eigenvalue weighted by molar-refractivity contribution is 7.91. The number of sulfone groups is 1. The van der Waals surface area contributed by atoms with Crippen molar-refractivity contribution in [1.82, 2.24) is 10.2 Å². The van der Waals surface area contributed by atoms with Crippen molar-refractivity contribution in [2.24, 2.45) is 0 Å². The molecule has 2 aliphatic rings. The first-order chi connectivity index (χ1) is 8.56. The molecule has 108 valence electrons. The maximum absolute atomic E-state index is 12.5. The lowest BCUT2D eigenvalue weighted by Gasteiger charge is -2.40. The zero-order valence-corrected chi connectivity index (χ0v) is 12.3. The number of nitrogens with zero attached hydrogens (tertiary/aromatic N) is 1. The van der Waals surface area contributed by atoms with E-state index in [0.29, 0.717) is 6.42 Å². The Morgan fingerprint density at radius 1 is 1.21 bits per heavy atom. The summed E-state index contributed by atoms with van der Waals surface area (Å²) in [4.78, 5) is 25.7. The van der Waals surface area contributed by atoms with Gasteiger partial charge in [0.15, 0.2) is 9.84 Å². The first-order valence-electron chi connectivity index (χ1n) is 6.39. The molecule has 0 bridgehead atoms. The van der Waals surface area contributed by atoms with Crippen LogP contribution in [0.2, 0.25) is 0 Å². The van der Waals surface area contributed by atoms with E-state index in [2.05, 4.69) is 5.32 Å². The molecular formula is C12H20N2O4S. The second-order valence-electron chi connectivity index (χ2n) is 6.22. The van der Waals surface area contributed by atoms with Crippen molar-refractivity contribution >= 4 is 21.7 Å². The Bertz CT molecular complexity index is 526. The van der Waals surface area contributed by atoms with Gasteiger partial charge in [-0.25, -0.2) is 8.42 Å². The summed E-state index contributed by atoms with van der Waals surface area (Å²) in [6.07, 6.45) is 0.649. The van der Waals surface area contributed by atoms with Gasteiger partial charge in [0.2, 0.25) is 11.8 Å². The van der Waals surface area contributed by atoms with Gasteiger partial charge >= 0.3 is 0 Å². The van der Waals surface area contributed by atoms with E-state index in [1.807, 2.05) is 0 Å². The average Bonchev–Trinajstić information content (AvgIpc) is 2.46. The molecule has 2 rings (SSSR count).